The quantitative estimate of drug-likeness (QED) is 0.784. The molecule has 20 heavy (non-hydrogen) atoms. The van der Waals surface area contributed by atoms with E-state index in [1.807, 2.05) is 16.8 Å². The van der Waals surface area contributed by atoms with Crippen LogP contribution in [-0.4, -0.2) is 65.1 Å². The minimum Gasteiger partial charge on any atom is -0.481 e. The van der Waals surface area contributed by atoms with Crippen molar-refractivity contribution in [1.29, 1.82) is 0 Å². The third-order valence-electron chi connectivity index (χ3n) is 4.03. The number of likely N-dealkylation sites (tertiary alicyclic amines) is 1. The SMILES string of the molecule is CSCCC(C)N(C)C(=O)N1CCC(CCC(=O)O)C1. The summed E-state index contributed by atoms with van der Waals surface area (Å²) in [7, 11) is 1.86. The van der Waals surface area contributed by atoms with Crippen LogP contribution in [-0.2, 0) is 4.79 Å². The van der Waals surface area contributed by atoms with Crippen molar-refractivity contribution in [2.45, 2.75) is 38.6 Å². The summed E-state index contributed by atoms with van der Waals surface area (Å²) >= 11 is 1.79. The topological polar surface area (TPSA) is 60.9 Å². The van der Waals surface area contributed by atoms with Crippen molar-refractivity contribution in [3.05, 3.63) is 0 Å². The van der Waals surface area contributed by atoms with Gasteiger partial charge in [-0.05, 0) is 44.1 Å². The Bertz CT molecular complexity index is 338. The van der Waals surface area contributed by atoms with Gasteiger partial charge in [-0.25, -0.2) is 4.79 Å². The predicted molar refractivity (Wildman–Crippen MR) is 82.2 cm³/mol. The highest BCUT2D eigenvalue weighted by molar-refractivity contribution is 7.98. The Morgan fingerprint density at radius 1 is 1.50 bits per heavy atom. The van der Waals surface area contributed by atoms with E-state index < -0.39 is 5.97 Å². The van der Waals surface area contributed by atoms with Gasteiger partial charge in [0.25, 0.3) is 0 Å². The Hall–Kier alpha value is -0.910. The maximum atomic E-state index is 12.4. The third-order valence-corrected chi connectivity index (χ3v) is 4.67. The van der Waals surface area contributed by atoms with Crippen LogP contribution in [0.2, 0.25) is 0 Å². The van der Waals surface area contributed by atoms with Crippen molar-refractivity contribution >= 4 is 23.8 Å². The zero-order valence-corrected chi connectivity index (χ0v) is 13.5. The van der Waals surface area contributed by atoms with Crippen LogP contribution in [0.15, 0.2) is 0 Å². The number of aliphatic carboxylic acids is 1. The molecule has 1 N–H and O–H groups in total. The van der Waals surface area contributed by atoms with Gasteiger partial charge < -0.3 is 14.9 Å². The molecule has 0 aromatic rings. The van der Waals surface area contributed by atoms with E-state index >= 15 is 0 Å². The molecule has 0 radical (unpaired) electrons. The molecule has 116 valence electrons. The van der Waals surface area contributed by atoms with Crippen molar-refractivity contribution in [1.82, 2.24) is 9.80 Å². The largest absolute Gasteiger partial charge is 0.481 e. The van der Waals surface area contributed by atoms with Gasteiger partial charge in [-0.2, -0.15) is 11.8 Å². The molecule has 0 spiro atoms. The van der Waals surface area contributed by atoms with Gasteiger partial charge in [0.2, 0.25) is 0 Å². The molecule has 2 atom stereocenters. The Labute approximate surface area is 125 Å². The summed E-state index contributed by atoms with van der Waals surface area (Å²) in [4.78, 5) is 26.6. The lowest BCUT2D eigenvalue weighted by Crippen LogP contribution is -2.44. The molecule has 0 aromatic carbocycles. The fourth-order valence-electron chi connectivity index (χ4n) is 2.46. The van der Waals surface area contributed by atoms with Crippen LogP contribution in [0, 0.1) is 5.92 Å². The first-order valence-electron chi connectivity index (χ1n) is 7.18. The normalized spacial score (nSPS) is 19.9. The zero-order chi connectivity index (χ0) is 15.1. The first-order chi connectivity index (χ1) is 9.45. The molecule has 0 bridgehead atoms. The van der Waals surface area contributed by atoms with Crippen LogP contribution in [0.4, 0.5) is 4.79 Å². The van der Waals surface area contributed by atoms with E-state index in [9.17, 15) is 9.59 Å². The number of carboxylic acids is 1. The molecular weight excluding hydrogens is 276 g/mol. The number of carbonyl (C=O) groups is 2. The predicted octanol–water partition coefficient (Wildman–Crippen LogP) is 2.37. The summed E-state index contributed by atoms with van der Waals surface area (Å²) < 4.78 is 0. The molecule has 1 fully saturated rings. The molecule has 6 heteroatoms. The summed E-state index contributed by atoms with van der Waals surface area (Å²) in [6, 6.07) is 0.324. The van der Waals surface area contributed by atoms with Crippen LogP contribution in [0.25, 0.3) is 0 Å². The lowest BCUT2D eigenvalue weighted by Gasteiger charge is -2.29. The van der Waals surface area contributed by atoms with Crippen molar-refractivity contribution in [3.63, 3.8) is 0 Å². The highest BCUT2D eigenvalue weighted by Crippen LogP contribution is 2.22. The van der Waals surface area contributed by atoms with Crippen molar-refractivity contribution in [3.8, 4) is 0 Å². The second kappa shape index (κ2) is 8.39. The van der Waals surface area contributed by atoms with E-state index in [2.05, 4.69) is 13.2 Å². The molecule has 5 nitrogen and oxygen atoms in total. The van der Waals surface area contributed by atoms with Crippen LogP contribution in [0.5, 0.6) is 0 Å². The minimum atomic E-state index is -0.752. The van der Waals surface area contributed by atoms with E-state index in [0.29, 0.717) is 18.9 Å². The van der Waals surface area contributed by atoms with Gasteiger partial charge in [0.1, 0.15) is 0 Å². The van der Waals surface area contributed by atoms with Crippen LogP contribution in [0.3, 0.4) is 0 Å². The number of thioether (sulfide) groups is 1. The Kier molecular flexibility index (Phi) is 7.19. The van der Waals surface area contributed by atoms with E-state index in [-0.39, 0.29) is 18.5 Å². The highest BCUT2D eigenvalue weighted by Gasteiger charge is 2.29. The molecule has 0 aliphatic carbocycles. The summed E-state index contributed by atoms with van der Waals surface area (Å²) in [6.07, 6.45) is 4.87. The smallest absolute Gasteiger partial charge is 0.319 e. The number of carbonyl (C=O) groups excluding carboxylic acids is 1. The number of rotatable bonds is 7. The molecule has 2 unspecified atom stereocenters. The van der Waals surface area contributed by atoms with Gasteiger partial charge in [0, 0.05) is 32.6 Å². The summed E-state index contributed by atoms with van der Waals surface area (Å²) in [5.41, 5.74) is 0. The molecule has 2 amide bonds. The average molecular weight is 302 g/mol. The lowest BCUT2D eigenvalue weighted by molar-refractivity contribution is -0.137. The molecule has 1 heterocycles. The number of carboxylic acid groups (broad SMARTS) is 1. The van der Waals surface area contributed by atoms with Crippen molar-refractivity contribution < 1.29 is 14.7 Å². The summed E-state index contributed by atoms with van der Waals surface area (Å²) in [5, 5.41) is 8.70. The second-order valence-corrected chi connectivity index (χ2v) is 6.54. The molecular formula is C14H26N2O3S. The minimum absolute atomic E-state index is 0.0800. The number of hydrogen-bond acceptors (Lipinski definition) is 3. The van der Waals surface area contributed by atoms with Crippen LogP contribution >= 0.6 is 11.8 Å². The second-order valence-electron chi connectivity index (χ2n) is 5.56. The fourth-order valence-corrected chi connectivity index (χ4v) is 3.04. The first-order valence-corrected chi connectivity index (χ1v) is 8.57. The Morgan fingerprint density at radius 2 is 2.20 bits per heavy atom. The number of amides is 2. The van der Waals surface area contributed by atoms with Crippen LogP contribution in [0.1, 0.15) is 32.6 Å². The standard InChI is InChI=1S/C14H26N2O3S/c1-11(7-9-20-3)15(2)14(19)16-8-6-12(10-16)4-5-13(17)18/h11-12H,4-10H2,1-3H3,(H,17,18). The molecule has 0 saturated carbocycles. The van der Waals surface area contributed by atoms with E-state index in [0.717, 1.165) is 25.1 Å². The highest BCUT2D eigenvalue weighted by atomic mass is 32.2. The van der Waals surface area contributed by atoms with Gasteiger partial charge in [-0.15, -0.1) is 0 Å². The van der Waals surface area contributed by atoms with Gasteiger partial charge >= 0.3 is 12.0 Å². The Balaban J connectivity index is 2.38. The summed E-state index contributed by atoms with van der Waals surface area (Å²) in [6.45, 7) is 3.53. The van der Waals surface area contributed by atoms with E-state index in [1.54, 1.807) is 11.8 Å². The fraction of sp³-hybridized carbons (Fsp3) is 0.857. The molecule has 1 aliphatic rings. The van der Waals surface area contributed by atoms with Gasteiger partial charge in [-0.1, -0.05) is 0 Å². The van der Waals surface area contributed by atoms with Crippen molar-refractivity contribution in [2.24, 2.45) is 5.92 Å². The molecule has 1 rings (SSSR count). The Morgan fingerprint density at radius 3 is 2.80 bits per heavy atom. The average Bonchev–Trinajstić information content (AvgIpc) is 2.89. The van der Waals surface area contributed by atoms with Crippen molar-refractivity contribution in [2.75, 3.05) is 32.1 Å². The number of hydrogen-bond donors (Lipinski definition) is 1. The molecule has 1 saturated heterocycles. The molecule has 1 aliphatic heterocycles. The maximum absolute atomic E-state index is 12.4. The zero-order valence-electron chi connectivity index (χ0n) is 12.7. The van der Waals surface area contributed by atoms with Gasteiger partial charge in [-0.3, -0.25) is 4.79 Å². The number of nitrogens with zero attached hydrogens (tertiary/aromatic N) is 2. The lowest BCUT2D eigenvalue weighted by atomic mass is 10.0. The monoisotopic (exact) mass is 302 g/mol. The van der Waals surface area contributed by atoms with E-state index in [1.165, 1.54) is 0 Å². The van der Waals surface area contributed by atoms with Gasteiger partial charge in [0.15, 0.2) is 0 Å². The maximum Gasteiger partial charge on any atom is 0.319 e. The van der Waals surface area contributed by atoms with Gasteiger partial charge in [0.05, 0.1) is 0 Å². The van der Waals surface area contributed by atoms with E-state index in [4.69, 9.17) is 5.11 Å². The first kappa shape index (κ1) is 17.1. The number of urea groups is 1. The summed E-state index contributed by atoms with van der Waals surface area (Å²) in [5.74, 6) is 0.641. The molecule has 0 aromatic heterocycles. The van der Waals surface area contributed by atoms with Crippen LogP contribution < -0.4 is 0 Å². The third kappa shape index (κ3) is 5.23.